The summed E-state index contributed by atoms with van der Waals surface area (Å²) < 4.78 is 46.3. The van der Waals surface area contributed by atoms with Gasteiger partial charge in [-0.05, 0) is 39.9 Å². The maximum absolute atomic E-state index is 6.14. The molecule has 1 heterocycles. The van der Waals surface area contributed by atoms with Crippen molar-refractivity contribution in [1.29, 1.82) is 0 Å². The van der Waals surface area contributed by atoms with Crippen molar-refractivity contribution >= 4 is 38.0 Å². The van der Waals surface area contributed by atoms with E-state index in [4.69, 9.17) is 37.9 Å². The van der Waals surface area contributed by atoms with E-state index in [2.05, 4.69) is 59.5 Å². The highest BCUT2D eigenvalue weighted by Gasteiger charge is 2.26. The van der Waals surface area contributed by atoms with Crippen molar-refractivity contribution in [3.8, 4) is 0 Å². The van der Waals surface area contributed by atoms with Gasteiger partial charge in [0.1, 0.15) is 5.60 Å². The van der Waals surface area contributed by atoms with Crippen molar-refractivity contribution in [2.75, 3.05) is 118 Å². The number of anilines is 1. The molecule has 4 aromatic rings. The summed E-state index contributed by atoms with van der Waals surface area (Å²) in [4.78, 5) is 2.37. The minimum absolute atomic E-state index is 0.388. The van der Waals surface area contributed by atoms with Gasteiger partial charge in [0.05, 0.1) is 92.5 Å². The molecule has 5 rings (SSSR count). The summed E-state index contributed by atoms with van der Waals surface area (Å²) in [6.07, 6.45) is 0. The van der Waals surface area contributed by atoms with Crippen molar-refractivity contribution in [3.05, 3.63) is 54.6 Å². The molecule has 1 atom stereocenters. The van der Waals surface area contributed by atoms with E-state index < -0.39 is 5.60 Å². The number of hydrogen-bond acceptors (Lipinski definition) is 9. The number of nitrogens with zero attached hydrogens (tertiary/aromatic N) is 1. The molecule has 4 aromatic carbocycles. The Kier molecular flexibility index (Phi) is 12.8. The van der Waals surface area contributed by atoms with Crippen molar-refractivity contribution in [1.82, 2.24) is 0 Å². The fourth-order valence-electron chi connectivity index (χ4n) is 5.65. The monoisotopic (exact) mass is 609 g/mol. The summed E-state index contributed by atoms with van der Waals surface area (Å²) in [6, 6.07) is 19.9. The topological polar surface area (TPSA) is 77.1 Å². The highest BCUT2D eigenvalue weighted by Crippen LogP contribution is 2.38. The molecule has 0 aromatic heterocycles. The molecule has 1 fully saturated rings. The molecular weight excluding hydrogens is 562 g/mol. The van der Waals surface area contributed by atoms with E-state index in [-0.39, 0.29) is 0 Å². The van der Waals surface area contributed by atoms with E-state index in [1.54, 1.807) is 7.11 Å². The van der Waals surface area contributed by atoms with Gasteiger partial charge in [0, 0.05) is 31.3 Å². The normalized spacial score (nSPS) is 20.7. The standard InChI is InChI=1S/C35H47NO8/c1-35(27-43-23-21-40-17-16-37-2)26-42-22-20-39-15-13-36(12-14-38-18-19-41-24-25-44-35)32-11-9-30-7-6-28-4-3-5-29-8-10-31(32)34(30)33(28)29/h3-11H,12-27H2,1-2H3. The molecular formula is C35H47NO8. The summed E-state index contributed by atoms with van der Waals surface area (Å²) in [5.41, 5.74) is 0.589. The van der Waals surface area contributed by atoms with Crippen LogP contribution in [0.3, 0.4) is 0 Å². The predicted octanol–water partition coefficient (Wildman–Crippen LogP) is 4.93. The average Bonchev–Trinajstić information content (AvgIpc) is 3.04. The second kappa shape index (κ2) is 17.2. The molecule has 9 heteroatoms. The van der Waals surface area contributed by atoms with Gasteiger partial charge in [0.25, 0.3) is 0 Å². The van der Waals surface area contributed by atoms with Crippen LogP contribution in [0.2, 0.25) is 0 Å². The molecule has 1 aliphatic heterocycles. The van der Waals surface area contributed by atoms with Crippen LogP contribution in [-0.2, 0) is 37.9 Å². The smallest absolute Gasteiger partial charge is 0.112 e. The van der Waals surface area contributed by atoms with Gasteiger partial charge in [-0.3, -0.25) is 0 Å². The zero-order valence-electron chi connectivity index (χ0n) is 26.2. The van der Waals surface area contributed by atoms with Gasteiger partial charge >= 0.3 is 0 Å². The van der Waals surface area contributed by atoms with Crippen LogP contribution in [0.25, 0.3) is 32.3 Å². The molecule has 0 saturated carbocycles. The third-order valence-electron chi connectivity index (χ3n) is 7.90. The molecule has 240 valence electrons. The molecule has 44 heavy (non-hydrogen) atoms. The van der Waals surface area contributed by atoms with Crippen LogP contribution in [0.5, 0.6) is 0 Å². The molecule has 0 bridgehead atoms. The van der Waals surface area contributed by atoms with Crippen molar-refractivity contribution in [2.24, 2.45) is 0 Å². The summed E-state index contributed by atoms with van der Waals surface area (Å²) in [5, 5.41) is 7.68. The highest BCUT2D eigenvalue weighted by atomic mass is 16.6. The predicted molar refractivity (Wildman–Crippen MR) is 174 cm³/mol. The van der Waals surface area contributed by atoms with Crippen LogP contribution >= 0.6 is 0 Å². The zero-order valence-corrected chi connectivity index (χ0v) is 26.2. The lowest BCUT2D eigenvalue weighted by Gasteiger charge is -2.30. The fourth-order valence-corrected chi connectivity index (χ4v) is 5.65. The maximum Gasteiger partial charge on any atom is 0.112 e. The number of ether oxygens (including phenoxy) is 8. The highest BCUT2D eigenvalue weighted by molar-refractivity contribution is 6.25. The van der Waals surface area contributed by atoms with E-state index in [0.717, 1.165) is 13.1 Å². The molecule has 1 aliphatic rings. The fraction of sp³-hybridized carbons (Fsp3) is 0.543. The van der Waals surface area contributed by atoms with Gasteiger partial charge < -0.3 is 42.8 Å². The zero-order chi connectivity index (χ0) is 30.5. The number of hydrogen-bond donors (Lipinski definition) is 0. The van der Waals surface area contributed by atoms with Crippen molar-refractivity contribution in [2.45, 2.75) is 12.5 Å². The quantitative estimate of drug-likeness (QED) is 0.194. The Labute approximate surface area is 260 Å². The van der Waals surface area contributed by atoms with Crippen LogP contribution in [-0.4, -0.2) is 118 Å². The lowest BCUT2D eigenvalue weighted by molar-refractivity contribution is -0.141. The molecule has 1 saturated heterocycles. The van der Waals surface area contributed by atoms with E-state index in [9.17, 15) is 0 Å². The number of benzene rings is 4. The van der Waals surface area contributed by atoms with Crippen LogP contribution in [0.15, 0.2) is 54.6 Å². The molecule has 0 amide bonds. The second-order valence-corrected chi connectivity index (χ2v) is 11.3. The van der Waals surface area contributed by atoms with Crippen LogP contribution in [0.1, 0.15) is 6.92 Å². The minimum Gasteiger partial charge on any atom is -0.382 e. The second-order valence-electron chi connectivity index (χ2n) is 11.3. The van der Waals surface area contributed by atoms with E-state index in [1.165, 1.54) is 38.0 Å². The number of methoxy groups -OCH3 is 1. The van der Waals surface area contributed by atoms with Gasteiger partial charge in [0.2, 0.25) is 0 Å². The first-order chi connectivity index (χ1) is 21.7. The Morgan fingerprint density at radius 3 is 1.98 bits per heavy atom. The Hall–Kier alpha value is -2.60. The van der Waals surface area contributed by atoms with Crippen molar-refractivity contribution in [3.63, 3.8) is 0 Å². The number of rotatable bonds is 9. The summed E-state index contributed by atoms with van der Waals surface area (Å²) in [6.45, 7) is 10.4. The molecule has 9 nitrogen and oxygen atoms in total. The SMILES string of the molecule is COCCOCCOCC1(C)COCCOCCN(c2ccc3ccc4cccc5ccc2c3c45)CCOCCOCCO1. The third-order valence-corrected chi connectivity index (χ3v) is 7.90. The van der Waals surface area contributed by atoms with Gasteiger partial charge in [-0.15, -0.1) is 0 Å². The van der Waals surface area contributed by atoms with Gasteiger partial charge in [-0.25, -0.2) is 0 Å². The first-order valence-corrected chi connectivity index (χ1v) is 15.7. The third kappa shape index (κ3) is 8.99. The van der Waals surface area contributed by atoms with Crippen molar-refractivity contribution < 1.29 is 37.9 Å². The summed E-state index contributed by atoms with van der Waals surface area (Å²) in [7, 11) is 1.66. The first-order valence-electron chi connectivity index (χ1n) is 15.7. The molecule has 0 N–H and O–H groups in total. The van der Waals surface area contributed by atoms with Crippen LogP contribution < -0.4 is 4.90 Å². The Morgan fingerprint density at radius 2 is 1.23 bits per heavy atom. The van der Waals surface area contributed by atoms with E-state index >= 15 is 0 Å². The Morgan fingerprint density at radius 1 is 0.636 bits per heavy atom. The lowest BCUT2D eigenvalue weighted by Crippen LogP contribution is -2.41. The molecule has 1 unspecified atom stereocenters. The van der Waals surface area contributed by atoms with Gasteiger partial charge in [0.15, 0.2) is 0 Å². The summed E-state index contributed by atoms with van der Waals surface area (Å²) >= 11 is 0. The first kappa shape index (κ1) is 32.8. The van der Waals surface area contributed by atoms with Gasteiger partial charge in [-0.1, -0.05) is 48.5 Å². The largest absolute Gasteiger partial charge is 0.382 e. The van der Waals surface area contributed by atoms with Crippen LogP contribution in [0.4, 0.5) is 5.69 Å². The molecule has 0 aliphatic carbocycles. The minimum atomic E-state index is -0.607. The van der Waals surface area contributed by atoms with E-state index in [0.29, 0.717) is 92.5 Å². The Balaban J connectivity index is 1.19. The van der Waals surface area contributed by atoms with E-state index in [1.807, 2.05) is 6.92 Å². The molecule has 0 spiro atoms. The summed E-state index contributed by atoms with van der Waals surface area (Å²) in [5.74, 6) is 0. The molecule has 0 radical (unpaired) electrons. The lowest BCUT2D eigenvalue weighted by atomic mass is 9.93. The average molecular weight is 610 g/mol. The maximum atomic E-state index is 6.14. The van der Waals surface area contributed by atoms with Crippen LogP contribution in [0, 0.1) is 0 Å². The van der Waals surface area contributed by atoms with Gasteiger partial charge in [-0.2, -0.15) is 0 Å². The Bertz CT molecular complexity index is 1380.